The summed E-state index contributed by atoms with van der Waals surface area (Å²) in [6, 6.07) is 12.7. The van der Waals surface area contributed by atoms with Crippen LogP contribution in [0.5, 0.6) is 0 Å². The molecule has 2 aromatic heterocycles. The highest BCUT2D eigenvalue weighted by molar-refractivity contribution is 5.94. The zero-order valence-corrected chi connectivity index (χ0v) is 17.4. The number of amides is 2. The molecule has 4 rings (SSSR count). The van der Waals surface area contributed by atoms with Crippen LogP contribution in [0, 0.1) is 0 Å². The summed E-state index contributed by atoms with van der Waals surface area (Å²) in [5.74, 6) is -0.242. The molecule has 1 aliphatic carbocycles. The second-order valence-corrected chi connectivity index (χ2v) is 7.78. The summed E-state index contributed by atoms with van der Waals surface area (Å²) in [4.78, 5) is 41.5. The van der Waals surface area contributed by atoms with Gasteiger partial charge >= 0.3 is 0 Å². The fourth-order valence-electron chi connectivity index (χ4n) is 3.85. The monoisotopic (exact) mass is 419 g/mol. The van der Waals surface area contributed by atoms with E-state index in [2.05, 4.69) is 15.6 Å². The van der Waals surface area contributed by atoms with Gasteiger partial charge in [-0.3, -0.25) is 19.7 Å². The van der Waals surface area contributed by atoms with E-state index >= 15 is 0 Å². The van der Waals surface area contributed by atoms with Crippen molar-refractivity contribution >= 4 is 17.8 Å². The molecule has 2 amide bonds. The fraction of sp³-hybridized carbons (Fsp3) is 0.304. The zero-order valence-electron chi connectivity index (χ0n) is 17.4. The molecule has 0 atom stereocenters. The average Bonchev–Trinajstić information content (AvgIpc) is 3.40. The highest BCUT2D eigenvalue weighted by Gasteiger charge is 2.19. The van der Waals surface area contributed by atoms with Crippen molar-refractivity contribution in [2.45, 2.75) is 38.3 Å². The number of rotatable bonds is 6. The van der Waals surface area contributed by atoms with E-state index in [-0.39, 0.29) is 24.1 Å². The molecule has 1 saturated carbocycles. The Kier molecular flexibility index (Phi) is 5.97. The summed E-state index contributed by atoms with van der Waals surface area (Å²) in [6.07, 6.45) is 7.30. The molecule has 31 heavy (non-hydrogen) atoms. The van der Waals surface area contributed by atoms with E-state index in [9.17, 15) is 14.4 Å². The molecule has 0 unspecified atom stereocenters. The van der Waals surface area contributed by atoms with E-state index < -0.39 is 5.91 Å². The van der Waals surface area contributed by atoms with E-state index in [0.717, 1.165) is 36.9 Å². The van der Waals surface area contributed by atoms with Crippen molar-refractivity contribution < 1.29 is 9.59 Å². The van der Waals surface area contributed by atoms with Crippen LogP contribution in [-0.4, -0.2) is 32.0 Å². The van der Waals surface area contributed by atoms with Crippen LogP contribution >= 0.6 is 0 Å². The van der Waals surface area contributed by atoms with Crippen molar-refractivity contribution in [3.8, 4) is 11.3 Å². The number of nitrogens with zero attached hydrogens (tertiary/aromatic N) is 3. The van der Waals surface area contributed by atoms with Gasteiger partial charge in [0, 0.05) is 25.4 Å². The van der Waals surface area contributed by atoms with Crippen LogP contribution in [0.2, 0.25) is 0 Å². The largest absolute Gasteiger partial charge is 0.349 e. The van der Waals surface area contributed by atoms with Crippen LogP contribution < -0.4 is 16.2 Å². The molecular formula is C23H25N5O3. The van der Waals surface area contributed by atoms with Crippen molar-refractivity contribution in [3.05, 3.63) is 70.8 Å². The number of carbonyl (C=O) groups excluding carboxylic acids is 2. The maximum Gasteiger partial charge on any atom is 0.252 e. The van der Waals surface area contributed by atoms with Gasteiger partial charge in [0.25, 0.3) is 11.5 Å². The third-order valence-corrected chi connectivity index (χ3v) is 5.56. The van der Waals surface area contributed by atoms with Crippen LogP contribution in [-0.2, 0) is 18.4 Å². The van der Waals surface area contributed by atoms with Crippen molar-refractivity contribution in [1.82, 2.24) is 19.4 Å². The fourth-order valence-corrected chi connectivity index (χ4v) is 3.85. The normalized spacial score (nSPS) is 13.8. The molecule has 2 heterocycles. The van der Waals surface area contributed by atoms with E-state index in [1.54, 1.807) is 10.8 Å². The van der Waals surface area contributed by atoms with Gasteiger partial charge in [0.15, 0.2) is 0 Å². The minimum Gasteiger partial charge on any atom is -0.349 e. The van der Waals surface area contributed by atoms with E-state index in [1.165, 1.54) is 22.9 Å². The molecule has 0 aliphatic heterocycles. The lowest BCUT2D eigenvalue weighted by Crippen LogP contribution is -2.34. The molecule has 0 radical (unpaired) electrons. The summed E-state index contributed by atoms with van der Waals surface area (Å²) in [6.45, 7) is -0.211. The Balaban J connectivity index is 1.44. The number of hydrogen-bond acceptors (Lipinski definition) is 4. The highest BCUT2D eigenvalue weighted by Crippen LogP contribution is 2.21. The zero-order chi connectivity index (χ0) is 21.8. The summed E-state index contributed by atoms with van der Waals surface area (Å²) < 4.78 is 3.02. The predicted octanol–water partition coefficient (Wildman–Crippen LogP) is 2.56. The van der Waals surface area contributed by atoms with Gasteiger partial charge < -0.3 is 14.5 Å². The third kappa shape index (κ3) is 4.74. The molecule has 8 heteroatoms. The lowest BCUT2D eigenvalue weighted by Gasteiger charge is -2.13. The second-order valence-electron chi connectivity index (χ2n) is 7.78. The van der Waals surface area contributed by atoms with Crippen LogP contribution in [0.1, 0.15) is 36.0 Å². The molecule has 0 saturated heterocycles. The maximum atomic E-state index is 12.6. The molecule has 0 bridgehead atoms. The van der Waals surface area contributed by atoms with Crippen molar-refractivity contribution in [3.63, 3.8) is 0 Å². The number of aromatic nitrogens is 3. The van der Waals surface area contributed by atoms with Crippen LogP contribution in [0.4, 0.5) is 5.95 Å². The molecular weight excluding hydrogens is 394 g/mol. The van der Waals surface area contributed by atoms with Gasteiger partial charge in [-0.1, -0.05) is 43.2 Å². The Morgan fingerprint density at radius 2 is 1.84 bits per heavy atom. The summed E-state index contributed by atoms with van der Waals surface area (Å²) in [7, 11) is 1.81. The number of nitrogens with one attached hydrogen (secondary N) is 2. The molecule has 3 aromatic rings. The first kappa shape index (κ1) is 20.6. The lowest BCUT2D eigenvalue weighted by atomic mass is 10.2. The number of carbonyl (C=O) groups is 2. The maximum absolute atomic E-state index is 12.6. The Labute approximate surface area is 179 Å². The summed E-state index contributed by atoms with van der Waals surface area (Å²) >= 11 is 0. The molecule has 8 nitrogen and oxygen atoms in total. The van der Waals surface area contributed by atoms with Gasteiger partial charge in [-0.15, -0.1) is 0 Å². The molecule has 1 aliphatic rings. The van der Waals surface area contributed by atoms with Gasteiger partial charge in [0.2, 0.25) is 11.9 Å². The quantitative estimate of drug-likeness (QED) is 0.642. The van der Waals surface area contributed by atoms with Gasteiger partial charge in [-0.25, -0.2) is 4.98 Å². The molecule has 1 fully saturated rings. The van der Waals surface area contributed by atoms with Crippen molar-refractivity contribution in [1.29, 1.82) is 0 Å². The Hall–Kier alpha value is -3.68. The summed E-state index contributed by atoms with van der Waals surface area (Å²) in [5.41, 5.74) is 1.86. The molecule has 160 valence electrons. The first-order chi connectivity index (χ1) is 15.0. The van der Waals surface area contributed by atoms with Crippen LogP contribution in [0.15, 0.2) is 59.7 Å². The van der Waals surface area contributed by atoms with Crippen molar-refractivity contribution in [2.24, 2.45) is 7.05 Å². The average molecular weight is 419 g/mol. The Morgan fingerprint density at radius 3 is 2.58 bits per heavy atom. The highest BCUT2D eigenvalue weighted by atomic mass is 16.2. The topological polar surface area (TPSA) is 98.0 Å². The first-order valence-electron chi connectivity index (χ1n) is 10.4. The SMILES string of the molecule is Cn1c(-c2ccccc2)cnc1NC(=O)Cn1cc(C(=O)NC2CCCC2)ccc1=O. The van der Waals surface area contributed by atoms with Crippen LogP contribution in [0.25, 0.3) is 11.3 Å². The van der Waals surface area contributed by atoms with Crippen LogP contribution in [0.3, 0.4) is 0 Å². The molecule has 1 aromatic carbocycles. The van der Waals surface area contributed by atoms with E-state index in [1.807, 2.05) is 37.4 Å². The number of imidazole rings is 1. The molecule has 2 N–H and O–H groups in total. The minimum atomic E-state index is -0.399. The number of benzene rings is 1. The predicted molar refractivity (Wildman–Crippen MR) is 118 cm³/mol. The third-order valence-electron chi connectivity index (χ3n) is 5.56. The Morgan fingerprint density at radius 1 is 1.10 bits per heavy atom. The van der Waals surface area contributed by atoms with E-state index in [4.69, 9.17) is 0 Å². The number of pyridine rings is 1. The van der Waals surface area contributed by atoms with Gasteiger partial charge in [0.05, 0.1) is 17.5 Å². The van der Waals surface area contributed by atoms with Gasteiger partial charge in [-0.05, 0) is 24.5 Å². The lowest BCUT2D eigenvalue weighted by molar-refractivity contribution is -0.116. The Bertz CT molecular complexity index is 1140. The minimum absolute atomic E-state index is 0.179. The van der Waals surface area contributed by atoms with Crippen molar-refractivity contribution in [2.75, 3.05) is 5.32 Å². The second kappa shape index (κ2) is 8.99. The standard InChI is InChI=1S/C23H25N5O3/c1-27-19(16-7-3-2-4-8-16)13-24-23(27)26-20(29)15-28-14-17(11-12-21(28)30)22(31)25-18-9-5-6-10-18/h2-4,7-8,11-14,18H,5-6,9-10,15H2,1H3,(H,25,31)(H,24,26,29). The number of hydrogen-bond donors (Lipinski definition) is 2. The van der Waals surface area contributed by atoms with E-state index in [0.29, 0.717) is 11.5 Å². The summed E-state index contributed by atoms with van der Waals surface area (Å²) in [5, 5.41) is 5.73. The smallest absolute Gasteiger partial charge is 0.252 e. The van der Waals surface area contributed by atoms with Gasteiger partial charge in [0.1, 0.15) is 6.54 Å². The van der Waals surface area contributed by atoms with Gasteiger partial charge in [-0.2, -0.15) is 0 Å². The number of anilines is 1. The molecule has 0 spiro atoms. The first-order valence-corrected chi connectivity index (χ1v) is 10.4.